The summed E-state index contributed by atoms with van der Waals surface area (Å²) in [5, 5.41) is 0. The zero-order valence-electron chi connectivity index (χ0n) is 8.56. The minimum atomic E-state index is 0.364. The molecule has 1 aromatic carbocycles. The van der Waals surface area contributed by atoms with Gasteiger partial charge in [0.15, 0.2) is 0 Å². The largest absolute Gasteiger partial charge is 0.496 e. The Hall–Kier alpha value is -0.580. The van der Waals surface area contributed by atoms with E-state index in [1.54, 1.807) is 7.11 Å². The molecule has 0 aliphatic heterocycles. The van der Waals surface area contributed by atoms with E-state index in [9.17, 15) is 0 Å². The second-order valence-corrected chi connectivity index (χ2v) is 3.98. The van der Waals surface area contributed by atoms with Gasteiger partial charge in [0.25, 0.3) is 0 Å². The SMILES string of the molecule is COc1c(C)c(Br)cc(C)c1CON. The molecule has 1 rings (SSSR count). The Bertz CT molecular complexity index is 339. The highest BCUT2D eigenvalue weighted by Crippen LogP contribution is 2.32. The minimum Gasteiger partial charge on any atom is -0.496 e. The fourth-order valence-corrected chi connectivity index (χ4v) is 1.96. The number of rotatable bonds is 3. The molecule has 0 spiro atoms. The van der Waals surface area contributed by atoms with Crippen molar-refractivity contribution in [2.24, 2.45) is 5.90 Å². The van der Waals surface area contributed by atoms with Crippen LogP contribution in [-0.2, 0) is 11.4 Å². The van der Waals surface area contributed by atoms with Crippen molar-refractivity contribution in [3.05, 3.63) is 27.2 Å². The van der Waals surface area contributed by atoms with Crippen molar-refractivity contribution in [3.8, 4) is 5.75 Å². The van der Waals surface area contributed by atoms with Crippen LogP contribution in [0.15, 0.2) is 10.5 Å². The molecule has 3 nitrogen and oxygen atoms in total. The van der Waals surface area contributed by atoms with Gasteiger partial charge in [-0.3, -0.25) is 4.84 Å². The fourth-order valence-electron chi connectivity index (χ4n) is 1.44. The summed E-state index contributed by atoms with van der Waals surface area (Å²) < 4.78 is 6.36. The van der Waals surface area contributed by atoms with Crippen LogP contribution in [-0.4, -0.2) is 7.11 Å². The van der Waals surface area contributed by atoms with Crippen molar-refractivity contribution in [2.75, 3.05) is 7.11 Å². The lowest BCUT2D eigenvalue weighted by molar-refractivity contribution is 0.121. The Labute approximate surface area is 92.3 Å². The van der Waals surface area contributed by atoms with E-state index in [0.717, 1.165) is 26.9 Å². The molecular formula is C10H14BrNO2. The van der Waals surface area contributed by atoms with E-state index in [0.29, 0.717) is 6.61 Å². The van der Waals surface area contributed by atoms with Gasteiger partial charge in [0.05, 0.1) is 13.7 Å². The van der Waals surface area contributed by atoms with Crippen molar-refractivity contribution in [3.63, 3.8) is 0 Å². The zero-order chi connectivity index (χ0) is 10.7. The number of aryl methyl sites for hydroxylation is 1. The molecule has 0 bridgehead atoms. The lowest BCUT2D eigenvalue weighted by Gasteiger charge is -2.14. The van der Waals surface area contributed by atoms with Crippen molar-refractivity contribution in [1.29, 1.82) is 0 Å². The summed E-state index contributed by atoms with van der Waals surface area (Å²) in [4.78, 5) is 4.65. The van der Waals surface area contributed by atoms with Crippen molar-refractivity contribution in [1.82, 2.24) is 0 Å². The number of halogens is 1. The summed E-state index contributed by atoms with van der Waals surface area (Å²) in [6.45, 7) is 4.35. The maximum absolute atomic E-state index is 5.32. The summed E-state index contributed by atoms with van der Waals surface area (Å²) in [5.41, 5.74) is 3.16. The number of hydrogen-bond acceptors (Lipinski definition) is 3. The minimum absolute atomic E-state index is 0.364. The monoisotopic (exact) mass is 259 g/mol. The first-order chi connectivity index (χ1) is 6.61. The second-order valence-electron chi connectivity index (χ2n) is 3.12. The van der Waals surface area contributed by atoms with Crippen molar-refractivity contribution in [2.45, 2.75) is 20.5 Å². The molecule has 0 atom stereocenters. The molecule has 0 unspecified atom stereocenters. The maximum atomic E-state index is 5.32. The van der Waals surface area contributed by atoms with E-state index >= 15 is 0 Å². The molecule has 0 aromatic heterocycles. The number of ether oxygens (including phenoxy) is 1. The predicted octanol–water partition coefficient (Wildman–Crippen LogP) is 2.46. The van der Waals surface area contributed by atoms with E-state index < -0.39 is 0 Å². The molecule has 0 aliphatic rings. The Morgan fingerprint density at radius 2 is 2.07 bits per heavy atom. The van der Waals surface area contributed by atoms with Crippen LogP contribution < -0.4 is 10.6 Å². The Morgan fingerprint density at radius 3 is 2.57 bits per heavy atom. The highest BCUT2D eigenvalue weighted by atomic mass is 79.9. The van der Waals surface area contributed by atoms with Crippen LogP contribution >= 0.6 is 15.9 Å². The average molecular weight is 260 g/mol. The molecule has 0 saturated heterocycles. The number of nitrogens with two attached hydrogens (primary N) is 1. The number of methoxy groups -OCH3 is 1. The predicted molar refractivity (Wildman–Crippen MR) is 59.1 cm³/mol. The first-order valence-corrected chi connectivity index (χ1v) is 5.05. The van der Waals surface area contributed by atoms with Crippen LogP contribution in [0.1, 0.15) is 16.7 Å². The summed E-state index contributed by atoms with van der Waals surface area (Å²) >= 11 is 3.47. The first-order valence-electron chi connectivity index (χ1n) is 4.26. The van der Waals surface area contributed by atoms with Gasteiger partial charge >= 0.3 is 0 Å². The fraction of sp³-hybridized carbons (Fsp3) is 0.400. The third-order valence-electron chi connectivity index (χ3n) is 2.22. The highest BCUT2D eigenvalue weighted by Gasteiger charge is 2.12. The first kappa shape index (κ1) is 11.5. The maximum Gasteiger partial charge on any atom is 0.128 e. The number of hydrogen-bond donors (Lipinski definition) is 1. The number of benzene rings is 1. The highest BCUT2D eigenvalue weighted by molar-refractivity contribution is 9.10. The molecule has 14 heavy (non-hydrogen) atoms. The van der Waals surface area contributed by atoms with E-state index in [1.807, 2.05) is 19.9 Å². The smallest absolute Gasteiger partial charge is 0.128 e. The van der Waals surface area contributed by atoms with E-state index in [1.165, 1.54) is 0 Å². The van der Waals surface area contributed by atoms with Gasteiger partial charge in [0.2, 0.25) is 0 Å². The van der Waals surface area contributed by atoms with Gasteiger partial charge in [0.1, 0.15) is 5.75 Å². The van der Waals surface area contributed by atoms with Gasteiger partial charge < -0.3 is 4.74 Å². The quantitative estimate of drug-likeness (QED) is 0.849. The molecule has 0 amide bonds. The normalized spacial score (nSPS) is 10.4. The van der Waals surface area contributed by atoms with E-state index in [4.69, 9.17) is 10.6 Å². The third-order valence-corrected chi connectivity index (χ3v) is 3.05. The molecule has 0 radical (unpaired) electrons. The molecule has 0 saturated carbocycles. The van der Waals surface area contributed by atoms with Gasteiger partial charge in [-0.25, -0.2) is 5.90 Å². The molecule has 1 aromatic rings. The summed E-state index contributed by atoms with van der Waals surface area (Å²) in [6.07, 6.45) is 0. The molecule has 2 N–H and O–H groups in total. The van der Waals surface area contributed by atoms with E-state index in [-0.39, 0.29) is 0 Å². The van der Waals surface area contributed by atoms with Crippen molar-refractivity contribution < 1.29 is 9.57 Å². The standard InChI is InChI=1S/C10H14BrNO2/c1-6-4-9(11)7(2)10(13-3)8(6)5-14-12/h4H,5,12H2,1-3H3. The molecule has 0 aliphatic carbocycles. The Morgan fingerprint density at radius 1 is 1.43 bits per heavy atom. The lowest BCUT2D eigenvalue weighted by Crippen LogP contribution is -2.04. The van der Waals surface area contributed by atoms with Crippen LogP contribution in [0.4, 0.5) is 0 Å². The van der Waals surface area contributed by atoms with Crippen LogP contribution in [0.5, 0.6) is 5.75 Å². The van der Waals surface area contributed by atoms with E-state index in [2.05, 4.69) is 20.8 Å². The molecule has 78 valence electrons. The molecule has 0 fully saturated rings. The summed E-state index contributed by atoms with van der Waals surface area (Å²) in [5.74, 6) is 5.91. The topological polar surface area (TPSA) is 44.5 Å². The summed E-state index contributed by atoms with van der Waals surface area (Å²) in [6, 6.07) is 2.03. The Kier molecular flexibility index (Phi) is 3.92. The molecule has 4 heteroatoms. The Balaban J connectivity index is 3.31. The molecule has 0 heterocycles. The van der Waals surface area contributed by atoms with Crippen LogP contribution in [0.25, 0.3) is 0 Å². The zero-order valence-corrected chi connectivity index (χ0v) is 10.1. The van der Waals surface area contributed by atoms with Gasteiger partial charge in [-0.15, -0.1) is 0 Å². The lowest BCUT2D eigenvalue weighted by atomic mass is 10.0. The van der Waals surface area contributed by atoms with Crippen molar-refractivity contribution >= 4 is 15.9 Å². The second kappa shape index (κ2) is 4.77. The average Bonchev–Trinajstić information content (AvgIpc) is 2.15. The molecular weight excluding hydrogens is 246 g/mol. The van der Waals surface area contributed by atoms with Crippen LogP contribution in [0.3, 0.4) is 0 Å². The van der Waals surface area contributed by atoms with Crippen LogP contribution in [0.2, 0.25) is 0 Å². The summed E-state index contributed by atoms with van der Waals surface area (Å²) in [7, 11) is 1.65. The van der Waals surface area contributed by atoms with Crippen LogP contribution in [0, 0.1) is 13.8 Å². The van der Waals surface area contributed by atoms with Gasteiger partial charge in [-0.05, 0) is 25.5 Å². The van der Waals surface area contributed by atoms with Gasteiger partial charge in [0, 0.05) is 15.6 Å². The van der Waals surface area contributed by atoms with Gasteiger partial charge in [-0.1, -0.05) is 15.9 Å². The third kappa shape index (κ3) is 2.08. The van der Waals surface area contributed by atoms with Gasteiger partial charge in [-0.2, -0.15) is 0 Å².